The molecule has 1 fully saturated rings. The van der Waals surface area contributed by atoms with Crippen LogP contribution >= 0.6 is 0 Å². The molecular formula is C42H41N3O2. The minimum Gasteiger partial charge on any atom is -0.378 e. The van der Waals surface area contributed by atoms with Crippen molar-refractivity contribution in [1.82, 2.24) is 14.9 Å². The first-order valence-corrected chi connectivity index (χ1v) is 16.7. The summed E-state index contributed by atoms with van der Waals surface area (Å²) in [6.07, 6.45) is 8.31. The molecule has 0 saturated heterocycles. The van der Waals surface area contributed by atoms with Crippen molar-refractivity contribution in [2.45, 2.75) is 56.7 Å². The van der Waals surface area contributed by atoms with Crippen LogP contribution in [0.4, 0.5) is 0 Å². The lowest BCUT2D eigenvalue weighted by molar-refractivity contribution is 0.0279. The molecule has 1 aliphatic rings. The Labute approximate surface area is 276 Å². The van der Waals surface area contributed by atoms with Crippen LogP contribution in [0.3, 0.4) is 0 Å². The number of imidazole rings is 1. The molecule has 1 heterocycles. The molecule has 47 heavy (non-hydrogen) atoms. The average Bonchev–Trinajstić information content (AvgIpc) is 3.83. The van der Waals surface area contributed by atoms with E-state index in [1.165, 1.54) is 12.8 Å². The summed E-state index contributed by atoms with van der Waals surface area (Å²) in [5.41, 5.74) is 3.17. The normalized spacial score (nSPS) is 15.1. The quantitative estimate of drug-likeness (QED) is 0.160. The van der Waals surface area contributed by atoms with E-state index in [2.05, 4.69) is 82.7 Å². The van der Waals surface area contributed by atoms with E-state index >= 15 is 0 Å². The summed E-state index contributed by atoms with van der Waals surface area (Å²) in [5, 5.41) is 17.8. The fourth-order valence-electron chi connectivity index (χ4n) is 7.43. The zero-order chi connectivity index (χ0) is 32.4. The minimum atomic E-state index is -1.37. The van der Waals surface area contributed by atoms with Crippen LogP contribution in [0.25, 0.3) is 10.8 Å². The molecule has 5 nitrogen and oxygen atoms in total. The Hall–Kier alpha value is -5.00. The van der Waals surface area contributed by atoms with Crippen molar-refractivity contribution in [3.8, 4) is 0 Å². The number of benzene rings is 5. The van der Waals surface area contributed by atoms with E-state index in [0.717, 1.165) is 45.9 Å². The highest BCUT2D eigenvalue weighted by Crippen LogP contribution is 2.43. The summed E-state index contributed by atoms with van der Waals surface area (Å²) >= 11 is 0. The number of hydrogen-bond donors (Lipinski definition) is 2. The van der Waals surface area contributed by atoms with Gasteiger partial charge in [0.2, 0.25) is 0 Å². The van der Waals surface area contributed by atoms with Gasteiger partial charge >= 0.3 is 0 Å². The van der Waals surface area contributed by atoms with Crippen molar-refractivity contribution in [2.24, 2.45) is 5.92 Å². The van der Waals surface area contributed by atoms with Crippen LogP contribution in [-0.4, -0.2) is 26.6 Å². The van der Waals surface area contributed by atoms with Crippen LogP contribution in [0.1, 0.15) is 77.8 Å². The molecule has 0 bridgehead atoms. The number of rotatable bonds is 9. The van der Waals surface area contributed by atoms with Crippen molar-refractivity contribution in [1.29, 1.82) is 0 Å². The second-order valence-electron chi connectivity index (χ2n) is 13.1. The highest BCUT2D eigenvalue weighted by molar-refractivity contribution is 5.98. The Bertz CT molecular complexity index is 1880. The highest BCUT2D eigenvalue weighted by atomic mass is 16.3. The minimum absolute atomic E-state index is 0.0224. The molecule has 1 aromatic heterocycles. The zero-order valence-electron chi connectivity index (χ0n) is 27.0. The molecule has 0 radical (unpaired) electrons. The molecule has 1 unspecified atom stereocenters. The van der Waals surface area contributed by atoms with Crippen molar-refractivity contribution in [3.05, 3.63) is 173 Å². The SMILES string of the molecule is CC(C)C(O)(c1ccc2cc(C(=O)NC3CCCC3)ccc2c1)c1cn(C(c2ccccc2)(c2ccccc2)c2ccccc2)cn1. The Morgan fingerprint density at radius 1 is 0.745 bits per heavy atom. The van der Waals surface area contributed by atoms with Gasteiger partial charge in [0.05, 0.1) is 12.0 Å². The van der Waals surface area contributed by atoms with Gasteiger partial charge < -0.3 is 15.0 Å². The summed E-state index contributed by atoms with van der Waals surface area (Å²) < 4.78 is 2.14. The third-order valence-corrected chi connectivity index (χ3v) is 10.0. The van der Waals surface area contributed by atoms with Gasteiger partial charge in [-0.1, -0.05) is 136 Å². The molecule has 0 spiro atoms. The van der Waals surface area contributed by atoms with Crippen LogP contribution in [0.5, 0.6) is 0 Å². The highest BCUT2D eigenvalue weighted by Gasteiger charge is 2.42. The Balaban J connectivity index is 1.32. The summed E-state index contributed by atoms with van der Waals surface area (Å²) in [7, 11) is 0. The number of carbonyl (C=O) groups is 1. The molecule has 1 saturated carbocycles. The fraction of sp³-hybridized carbons (Fsp3) is 0.238. The number of nitrogens with zero attached hydrogens (tertiary/aromatic N) is 2. The number of aliphatic hydroxyl groups is 1. The van der Waals surface area contributed by atoms with E-state index in [4.69, 9.17) is 4.98 Å². The summed E-state index contributed by atoms with van der Waals surface area (Å²) in [6.45, 7) is 4.05. The van der Waals surface area contributed by atoms with E-state index in [9.17, 15) is 9.90 Å². The molecule has 1 amide bonds. The third-order valence-electron chi connectivity index (χ3n) is 10.0. The first-order valence-electron chi connectivity index (χ1n) is 16.7. The van der Waals surface area contributed by atoms with E-state index in [0.29, 0.717) is 11.3 Å². The number of nitrogens with one attached hydrogen (secondary N) is 1. The van der Waals surface area contributed by atoms with E-state index < -0.39 is 11.1 Å². The monoisotopic (exact) mass is 619 g/mol. The number of fused-ring (bicyclic) bond motifs is 1. The molecule has 1 aliphatic carbocycles. The largest absolute Gasteiger partial charge is 0.378 e. The van der Waals surface area contributed by atoms with Gasteiger partial charge in [-0.05, 0) is 70.0 Å². The molecule has 5 aromatic carbocycles. The molecule has 6 aromatic rings. The molecule has 5 heteroatoms. The van der Waals surface area contributed by atoms with Gasteiger partial charge in [-0.15, -0.1) is 0 Å². The molecular weight excluding hydrogens is 578 g/mol. The first kappa shape index (κ1) is 30.6. The van der Waals surface area contributed by atoms with Gasteiger partial charge in [0.15, 0.2) is 0 Å². The van der Waals surface area contributed by atoms with Crippen molar-refractivity contribution in [3.63, 3.8) is 0 Å². The Kier molecular flexibility index (Phi) is 8.25. The molecule has 1 atom stereocenters. The van der Waals surface area contributed by atoms with Crippen LogP contribution in [0.2, 0.25) is 0 Å². The number of aromatic nitrogens is 2. The van der Waals surface area contributed by atoms with Gasteiger partial charge in [-0.2, -0.15) is 0 Å². The lowest BCUT2D eigenvalue weighted by Gasteiger charge is -2.37. The maximum atomic E-state index is 13.0. The van der Waals surface area contributed by atoms with Crippen LogP contribution in [0, 0.1) is 5.92 Å². The average molecular weight is 620 g/mol. The lowest BCUT2D eigenvalue weighted by Crippen LogP contribution is -2.37. The molecule has 2 N–H and O–H groups in total. The topological polar surface area (TPSA) is 67.2 Å². The van der Waals surface area contributed by atoms with Gasteiger partial charge in [0, 0.05) is 17.8 Å². The predicted octanol–water partition coefficient (Wildman–Crippen LogP) is 8.44. The Morgan fingerprint density at radius 3 is 1.83 bits per heavy atom. The smallest absolute Gasteiger partial charge is 0.251 e. The number of amides is 1. The van der Waals surface area contributed by atoms with Crippen molar-refractivity contribution < 1.29 is 9.90 Å². The second-order valence-corrected chi connectivity index (χ2v) is 13.1. The Morgan fingerprint density at radius 2 is 1.28 bits per heavy atom. The van der Waals surface area contributed by atoms with Crippen LogP contribution in [0.15, 0.2) is 140 Å². The van der Waals surface area contributed by atoms with Crippen LogP contribution < -0.4 is 5.32 Å². The maximum absolute atomic E-state index is 13.0. The predicted molar refractivity (Wildman–Crippen MR) is 188 cm³/mol. The van der Waals surface area contributed by atoms with E-state index in [-0.39, 0.29) is 17.9 Å². The van der Waals surface area contributed by atoms with Gasteiger partial charge in [-0.25, -0.2) is 4.98 Å². The molecule has 7 rings (SSSR count). The summed E-state index contributed by atoms with van der Waals surface area (Å²) in [4.78, 5) is 17.9. The first-order chi connectivity index (χ1) is 22.9. The lowest BCUT2D eigenvalue weighted by atomic mass is 9.76. The van der Waals surface area contributed by atoms with Crippen LogP contribution in [-0.2, 0) is 11.1 Å². The van der Waals surface area contributed by atoms with E-state index in [1.807, 2.05) is 81.0 Å². The maximum Gasteiger partial charge on any atom is 0.251 e. The molecule has 236 valence electrons. The van der Waals surface area contributed by atoms with Gasteiger partial charge in [-0.3, -0.25) is 4.79 Å². The molecule has 0 aliphatic heterocycles. The fourth-order valence-corrected chi connectivity index (χ4v) is 7.43. The zero-order valence-corrected chi connectivity index (χ0v) is 27.0. The number of hydrogen-bond acceptors (Lipinski definition) is 3. The summed E-state index contributed by atoms with van der Waals surface area (Å²) in [6, 6.07) is 43.5. The van der Waals surface area contributed by atoms with Crippen molar-refractivity contribution >= 4 is 16.7 Å². The van der Waals surface area contributed by atoms with Gasteiger partial charge in [0.1, 0.15) is 11.1 Å². The van der Waals surface area contributed by atoms with E-state index in [1.54, 1.807) is 0 Å². The summed E-state index contributed by atoms with van der Waals surface area (Å²) in [5.74, 6) is -0.204. The number of carbonyl (C=O) groups excluding carboxylic acids is 1. The second kappa shape index (κ2) is 12.7. The third kappa shape index (κ3) is 5.45. The van der Waals surface area contributed by atoms with Crippen molar-refractivity contribution in [2.75, 3.05) is 0 Å². The van der Waals surface area contributed by atoms with Gasteiger partial charge in [0.25, 0.3) is 5.91 Å². The standard InChI is InChI=1S/C42H41N3O2/c1-30(2)42(47,37-25-24-31-26-33(23-22-32(31)27-37)40(46)44-38-20-12-13-21-38)39-28-45(29-43-39)41(34-14-6-3-7-15-34,35-16-8-4-9-17-35)36-18-10-5-11-19-36/h3-11,14-19,22-30,38,47H,12-13,20-21H2,1-2H3,(H,44,46).